The second-order valence-electron chi connectivity index (χ2n) is 5.59. The zero-order valence-electron chi connectivity index (χ0n) is 12.7. The van der Waals surface area contributed by atoms with Crippen LogP contribution in [0, 0.1) is 6.92 Å². The zero-order valence-corrected chi connectivity index (χ0v) is 12.7. The van der Waals surface area contributed by atoms with Gasteiger partial charge in [0.15, 0.2) is 0 Å². The van der Waals surface area contributed by atoms with Gasteiger partial charge < -0.3 is 9.64 Å². The van der Waals surface area contributed by atoms with E-state index < -0.39 is 0 Å². The van der Waals surface area contributed by atoms with Crippen molar-refractivity contribution in [2.75, 3.05) is 13.1 Å². The Bertz CT molecular complexity index is 643. The molecule has 1 fully saturated rings. The molecule has 0 aliphatic carbocycles. The number of carbonyl (C=O) groups is 1. The highest BCUT2D eigenvalue weighted by Crippen LogP contribution is 2.18. The lowest BCUT2D eigenvalue weighted by molar-refractivity contribution is 0.0437. The predicted molar refractivity (Wildman–Crippen MR) is 84.5 cm³/mol. The van der Waals surface area contributed by atoms with Crippen LogP contribution in [0.1, 0.15) is 28.0 Å². The molecular weight excluding hydrogens is 276 g/mol. The van der Waals surface area contributed by atoms with Gasteiger partial charge in [-0.05, 0) is 31.0 Å². The van der Waals surface area contributed by atoms with E-state index in [0.29, 0.717) is 18.7 Å². The van der Waals surface area contributed by atoms with Gasteiger partial charge >= 0.3 is 0 Å². The summed E-state index contributed by atoms with van der Waals surface area (Å²) in [7, 11) is 0. The smallest absolute Gasteiger partial charge is 0.255 e. The number of aryl methyl sites for hydroxylation is 1. The summed E-state index contributed by atoms with van der Waals surface area (Å²) in [5, 5.41) is 0. The SMILES string of the molecule is Cc1ncccc1C(=O)N1CCC(OCc2ccccc2)C1. The van der Waals surface area contributed by atoms with Crippen LogP contribution in [0.4, 0.5) is 0 Å². The molecule has 1 amide bonds. The van der Waals surface area contributed by atoms with E-state index in [1.165, 1.54) is 0 Å². The maximum atomic E-state index is 12.5. The summed E-state index contributed by atoms with van der Waals surface area (Å²) >= 11 is 0. The third-order valence-corrected chi connectivity index (χ3v) is 4.00. The summed E-state index contributed by atoms with van der Waals surface area (Å²) in [6.45, 7) is 3.86. The molecule has 1 atom stereocenters. The number of pyridine rings is 1. The van der Waals surface area contributed by atoms with Crippen LogP contribution in [0.15, 0.2) is 48.7 Å². The molecule has 3 rings (SSSR count). The Labute approximate surface area is 130 Å². The van der Waals surface area contributed by atoms with Crippen molar-refractivity contribution in [1.29, 1.82) is 0 Å². The molecule has 1 aromatic carbocycles. The van der Waals surface area contributed by atoms with Crippen molar-refractivity contribution in [3.63, 3.8) is 0 Å². The van der Waals surface area contributed by atoms with E-state index >= 15 is 0 Å². The van der Waals surface area contributed by atoms with Gasteiger partial charge in [0.1, 0.15) is 0 Å². The molecule has 2 heterocycles. The number of ether oxygens (including phenoxy) is 1. The fourth-order valence-electron chi connectivity index (χ4n) is 2.72. The molecular formula is C18H20N2O2. The van der Waals surface area contributed by atoms with Gasteiger partial charge in [0.05, 0.1) is 18.3 Å². The molecule has 1 aliphatic heterocycles. The third-order valence-electron chi connectivity index (χ3n) is 4.00. The first kappa shape index (κ1) is 14.7. The normalized spacial score (nSPS) is 17.7. The number of amides is 1. The summed E-state index contributed by atoms with van der Waals surface area (Å²) in [6, 6.07) is 13.8. The van der Waals surface area contributed by atoms with Gasteiger partial charge in [-0.1, -0.05) is 30.3 Å². The van der Waals surface area contributed by atoms with Crippen molar-refractivity contribution in [2.24, 2.45) is 0 Å². The first-order chi connectivity index (χ1) is 10.7. The number of hydrogen-bond acceptors (Lipinski definition) is 3. The fraction of sp³-hybridized carbons (Fsp3) is 0.333. The predicted octanol–water partition coefficient (Wildman–Crippen LogP) is 2.82. The van der Waals surface area contributed by atoms with Gasteiger partial charge in [-0.15, -0.1) is 0 Å². The molecule has 0 spiro atoms. The largest absolute Gasteiger partial charge is 0.372 e. The van der Waals surface area contributed by atoms with E-state index in [9.17, 15) is 4.79 Å². The van der Waals surface area contributed by atoms with E-state index in [4.69, 9.17) is 4.74 Å². The maximum Gasteiger partial charge on any atom is 0.255 e. The summed E-state index contributed by atoms with van der Waals surface area (Å²) in [6.07, 6.45) is 2.71. The molecule has 0 bridgehead atoms. The summed E-state index contributed by atoms with van der Waals surface area (Å²) < 4.78 is 5.93. The minimum absolute atomic E-state index is 0.0522. The van der Waals surface area contributed by atoms with Crippen LogP contribution < -0.4 is 0 Å². The quantitative estimate of drug-likeness (QED) is 0.871. The Kier molecular flexibility index (Phi) is 4.49. The van der Waals surface area contributed by atoms with Crippen LogP contribution in [0.5, 0.6) is 0 Å². The average Bonchev–Trinajstić information content (AvgIpc) is 3.03. The molecule has 22 heavy (non-hydrogen) atoms. The number of likely N-dealkylation sites (tertiary alicyclic amines) is 1. The van der Waals surface area contributed by atoms with E-state index in [1.54, 1.807) is 12.3 Å². The fourth-order valence-corrected chi connectivity index (χ4v) is 2.72. The van der Waals surface area contributed by atoms with Crippen LogP contribution in [-0.2, 0) is 11.3 Å². The molecule has 2 aromatic rings. The summed E-state index contributed by atoms with van der Waals surface area (Å²) in [5.74, 6) is 0.0522. The van der Waals surface area contributed by atoms with Crippen LogP contribution in [0.2, 0.25) is 0 Å². The number of benzene rings is 1. The van der Waals surface area contributed by atoms with Crippen molar-refractivity contribution < 1.29 is 9.53 Å². The van der Waals surface area contributed by atoms with Crippen molar-refractivity contribution in [1.82, 2.24) is 9.88 Å². The van der Waals surface area contributed by atoms with Crippen LogP contribution >= 0.6 is 0 Å². The summed E-state index contributed by atoms with van der Waals surface area (Å²) in [5.41, 5.74) is 2.63. The lowest BCUT2D eigenvalue weighted by Gasteiger charge is -2.17. The van der Waals surface area contributed by atoms with Gasteiger partial charge in [0, 0.05) is 25.0 Å². The number of aromatic nitrogens is 1. The first-order valence-electron chi connectivity index (χ1n) is 7.60. The Morgan fingerprint density at radius 3 is 2.86 bits per heavy atom. The first-order valence-corrected chi connectivity index (χ1v) is 7.60. The second-order valence-corrected chi connectivity index (χ2v) is 5.59. The van der Waals surface area contributed by atoms with E-state index in [-0.39, 0.29) is 12.0 Å². The molecule has 0 saturated carbocycles. The zero-order chi connectivity index (χ0) is 15.4. The van der Waals surface area contributed by atoms with Crippen molar-refractivity contribution in [3.8, 4) is 0 Å². The molecule has 114 valence electrons. The Hall–Kier alpha value is -2.20. The standard InChI is InChI=1S/C18H20N2O2/c1-14-17(8-5-10-19-14)18(21)20-11-9-16(12-20)22-13-15-6-3-2-4-7-15/h2-8,10,16H,9,11-13H2,1H3. The number of carbonyl (C=O) groups excluding carboxylic acids is 1. The van der Waals surface area contributed by atoms with Gasteiger partial charge in [0.25, 0.3) is 5.91 Å². The maximum absolute atomic E-state index is 12.5. The average molecular weight is 296 g/mol. The van der Waals surface area contributed by atoms with Crippen molar-refractivity contribution >= 4 is 5.91 Å². The van der Waals surface area contributed by atoms with Crippen LogP contribution in [-0.4, -0.2) is 35.0 Å². The van der Waals surface area contributed by atoms with Crippen molar-refractivity contribution in [3.05, 3.63) is 65.5 Å². The van der Waals surface area contributed by atoms with E-state index in [0.717, 1.165) is 24.2 Å². The molecule has 1 saturated heterocycles. The lowest BCUT2D eigenvalue weighted by Crippen LogP contribution is -2.30. The highest BCUT2D eigenvalue weighted by Gasteiger charge is 2.28. The highest BCUT2D eigenvalue weighted by molar-refractivity contribution is 5.95. The second kappa shape index (κ2) is 6.71. The minimum atomic E-state index is 0.0522. The molecule has 0 radical (unpaired) electrons. The van der Waals surface area contributed by atoms with Gasteiger partial charge in [0.2, 0.25) is 0 Å². The van der Waals surface area contributed by atoms with Gasteiger partial charge in [-0.3, -0.25) is 9.78 Å². The highest BCUT2D eigenvalue weighted by atomic mass is 16.5. The number of rotatable bonds is 4. The van der Waals surface area contributed by atoms with Gasteiger partial charge in [-0.2, -0.15) is 0 Å². The van der Waals surface area contributed by atoms with E-state index in [2.05, 4.69) is 17.1 Å². The lowest BCUT2D eigenvalue weighted by atomic mass is 10.2. The van der Waals surface area contributed by atoms with Crippen LogP contribution in [0.3, 0.4) is 0 Å². The van der Waals surface area contributed by atoms with Crippen LogP contribution in [0.25, 0.3) is 0 Å². The topological polar surface area (TPSA) is 42.4 Å². The number of nitrogens with zero attached hydrogens (tertiary/aromatic N) is 2. The monoisotopic (exact) mass is 296 g/mol. The molecule has 0 N–H and O–H groups in total. The van der Waals surface area contributed by atoms with Crippen molar-refractivity contribution in [2.45, 2.75) is 26.1 Å². The number of hydrogen-bond donors (Lipinski definition) is 0. The Morgan fingerprint density at radius 1 is 1.27 bits per heavy atom. The van der Waals surface area contributed by atoms with Gasteiger partial charge in [-0.25, -0.2) is 0 Å². The molecule has 4 heteroatoms. The molecule has 4 nitrogen and oxygen atoms in total. The van der Waals surface area contributed by atoms with E-state index in [1.807, 2.05) is 36.1 Å². The summed E-state index contributed by atoms with van der Waals surface area (Å²) in [4.78, 5) is 18.6. The molecule has 1 aliphatic rings. The molecule has 1 unspecified atom stereocenters. The Balaban J connectivity index is 1.56. The minimum Gasteiger partial charge on any atom is -0.372 e. The molecule has 1 aromatic heterocycles. The third kappa shape index (κ3) is 3.34. The Morgan fingerprint density at radius 2 is 2.09 bits per heavy atom.